The number of piperidine rings is 1. The molecule has 1 fully saturated rings. The van der Waals surface area contributed by atoms with Gasteiger partial charge in [0.25, 0.3) is 0 Å². The minimum atomic E-state index is -4.35. The largest absolute Gasteiger partial charge is 0.495 e. The van der Waals surface area contributed by atoms with Gasteiger partial charge in [0.1, 0.15) is 5.75 Å². The van der Waals surface area contributed by atoms with E-state index in [1.165, 1.54) is 13.2 Å². The van der Waals surface area contributed by atoms with E-state index in [1.807, 2.05) is 0 Å². The van der Waals surface area contributed by atoms with Crippen molar-refractivity contribution in [3.8, 4) is 5.75 Å². The van der Waals surface area contributed by atoms with Gasteiger partial charge in [0.05, 0.1) is 17.1 Å². The molecule has 1 aliphatic heterocycles. The highest BCUT2D eigenvalue weighted by Gasteiger charge is 2.33. The van der Waals surface area contributed by atoms with Crippen LogP contribution in [0.1, 0.15) is 36.4 Å². The van der Waals surface area contributed by atoms with E-state index >= 15 is 0 Å². The molecule has 0 saturated carbocycles. The van der Waals surface area contributed by atoms with Crippen LogP contribution in [0.3, 0.4) is 0 Å². The Labute approximate surface area is 118 Å². The minimum absolute atomic E-state index is 0.0812. The van der Waals surface area contributed by atoms with Gasteiger partial charge in [-0.1, -0.05) is 6.42 Å². The van der Waals surface area contributed by atoms with Crippen molar-refractivity contribution in [2.75, 3.05) is 13.7 Å². The van der Waals surface area contributed by atoms with Crippen molar-refractivity contribution < 1.29 is 17.9 Å². The Morgan fingerprint density at radius 3 is 2.58 bits per heavy atom. The molecule has 6 heteroatoms. The number of rotatable bonds is 2. The van der Waals surface area contributed by atoms with E-state index < -0.39 is 11.7 Å². The fourth-order valence-electron chi connectivity index (χ4n) is 2.37. The first-order valence-electron chi connectivity index (χ1n) is 6.11. The molecule has 0 aliphatic carbocycles. The lowest BCUT2D eigenvalue weighted by atomic mass is 9.95. The Kier molecular flexibility index (Phi) is 4.40. The second-order valence-corrected chi connectivity index (χ2v) is 5.44. The molecule has 106 valence electrons. The number of nitrogens with one attached hydrogen (secondary N) is 1. The van der Waals surface area contributed by atoms with E-state index in [-0.39, 0.29) is 6.04 Å². The van der Waals surface area contributed by atoms with Gasteiger partial charge >= 0.3 is 6.18 Å². The van der Waals surface area contributed by atoms with Crippen LogP contribution in [0.25, 0.3) is 0 Å². The number of hydrogen-bond acceptors (Lipinski definition) is 2. The predicted molar refractivity (Wildman–Crippen MR) is 70.3 cm³/mol. The molecule has 2 rings (SSSR count). The summed E-state index contributed by atoms with van der Waals surface area (Å²) >= 11 is 3.16. The molecule has 1 heterocycles. The number of ether oxygens (including phenoxy) is 1. The zero-order valence-corrected chi connectivity index (χ0v) is 12.1. The molecule has 0 spiro atoms. The molecule has 1 aromatic carbocycles. The van der Waals surface area contributed by atoms with E-state index in [1.54, 1.807) is 0 Å². The summed E-state index contributed by atoms with van der Waals surface area (Å²) in [6.45, 7) is 0.821. The Hall–Kier alpha value is -0.750. The third-order valence-electron chi connectivity index (χ3n) is 3.29. The quantitative estimate of drug-likeness (QED) is 0.869. The van der Waals surface area contributed by atoms with Crippen molar-refractivity contribution in [1.29, 1.82) is 0 Å². The average Bonchev–Trinajstić information content (AvgIpc) is 2.37. The molecule has 0 amide bonds. The van der Waals surface area contributed by atoms with Crippen LogP contribution in [0, 0.1) is 0 Å². The number of halogens is 4. The molecule has 1 unspecified atom stereocenters. The maximum Gasteiger partial charge on any atom is 0.416 e. The normalized spacial score (nSPS) is 20.4. The maximum absolute atomic E-state index is 12.9. The van der Waals surface area contributed by atoms with E-state index in [4.69, 9.17) is 4.74 Å². The van der Waals surface area contributed by atoms with Gasteiger partial charge in [-0.3, -0.25) is 0 Å². The monoisotopic (exact) mass is 337 g/mol. The fraction of sp³-hybridized carbons (Fsp3) is 0.538. The van der Waals surface area contributed by atoms with Gasteiger partial charge in [-0.05, 0) is 47.4 Å². The van der Waals surface area contributed by atoms with E-state index in [2.05, 4.69) is 21.2 Å². The van der Waals surface area contributed by atoms with Gasteiger partial charge in [-0.25, -0.2) is 0 Å². The number of methoxy groups -OCH3 is 1. The van der Waals surface area contributed by atoms with E-state index in [9.17, 15) is 13.2 Å². The van der Waals surface area contributed by atoms with Crippen molar-refractivity contribution in [3.63, 3.8) is 0 Å². The summed E-state index contributed by atoms with van der Waals surface area (Å²) in [4.78, 5) is 0. The van der Waals surface area contributed by atoms with E-state index in [0.29, 0.717) is 15.8 Å². The first-order chi connectivity index (χ1) is 8.93. The molecular weight excluding hydrogens is 323 g/mol. The predicted octanol–water partition coefficient (Wildman–Crippen LogP) is 4.29. The molecule has 0 aromatic heterocycles. The number of hydrogen-bond donors (Lipinski definition) is 1. The van der Waals surface area contributed by atoms with Crippen LogP contribution in [0.15, 0.2) is 16.6 Å². The Morgan fingerprint density at radius 1 is 1.32 bits per heavy atom. The van der Waals surface area contributed by atoms with Crippen molar-refractivity contribution in [1.82, 2.24) is 5.32 Å². The molecule has 2 nitrogen and oxygen atoms in total. The third-order valence-corrected chi connectivity index (χ3v) is 3.88. The Bertz CT molecular complexity index is 456. The summed E-state index contributed by atoms with van der Waals surface area (Å²) < 4.78 is 44.2. The Balaban J connectivity index is 2.46. The Morgan fingerprint density at radius 2 is 2.05 bits per heavy atom. The van der Waals surface area contributed by atoms with Crippen LogP contribution < -0.4 is 10.1 Å². The maximum atomic E-state index is 12.9. The standard InChI is InChI=1S/C13H15BrF3NO/c1-19-12-9(11-4-2-3-5-18-11)6-8(7-10(12)14)13(15,16)17/h6-7,11,18H,2-5H2,1H3. The zero-order chi connectivity index (χ0) is 14.0. The summed E-state index contributed by atoms with van der Waals surface area (Å²) in [7, 11) is 1.47. The molecule has 1 saturated heterocycles. The lowest BCUT2D eigenvalue weighted by molar-refractivity contribution is -0.137. The van der Waals surface area contributed by atoms with Crippen LogP contribution in [0.2, 0.25) is 0 Å². The van der Waals surface area contributed by atoms with Crippen LogP contribution in [-0.2, 0) is 6.18 Å². The van der Waals surface area contributed by atoms with Crippen molar-refractivity contribution in [2.24, 2.45) is 0 Å². The van der Waals surface area contributed by atoms with Gasteiger partial charge in [-0.15, -0.1) is 0 Å². The zero-order valence-electron chi connectivity index (χ0n) is 10.5. The fourth-order valence-corrected chi connectivity index (χ4v) is 3.01. The summed E-state index contributed by atoms with van der Waals surface area (Å²) in [5.41, 5.74) is -0.0774. The summed E-state index contributed by atoms with van der Waals surface area (Å²) in [6.07, 6.45) is -1.46. The van der Waals surface area contributed by atoms with Crippen LogP contribution in [0.4, 0.5) is 13.2 Å². The highest BCUT2D eigenvalue weighted by Crippen LogP contribution is 2.41. The average molecular weight is 338 g/mol. The molecule has 1 aliphatic rings. The summed E-state index contributed by atoms with van der Waals surface area (Å²) in [5.74, 6) is 0.479. The molecule has 1 atom stereocenters. The molecule has 1 N–H and O–H groups in total. The first-order valence-corrected chi connectivity index (χ1v) is 6.91. The molecule has 0 radical (unpaired) electrons. The summed E-state index contributed by atoms with van der Waals surface area (Å²) in [6, 6.07) is 2.17. The van der Waals surface area contributed by atoms with Crippen LogP contribution in [0.5, 0.6) is 5.75 Å². The van der Waals surface area contributed by atoms with Gasteiger partial charge in [-0.2, -0.15) is 13.2 Å². The van der Waals surface area contributed by atoms with Gasteiger partial charge < -0.3 is 10.1 Å². The first kappa shape index (κ1) is 14.7. The van der Waals surface area contributed by atoms with E-state index in [0.717, 1.165) is 31.9 Å². The van der Waals surface area contributed by atoms with Crippen LogP contribution in [-0.4, -0.2) is 13.7 Å². The number of benzene rings is 1. The molecule has 1 aromatic rings. The second kappa shape index (κ2) is 5.71. The second-order valence-electron chi connectivity index (χ2n) is 4.58. The SMILES string of the molecule is COc1c(Br)cc(C(F)(F)F)cc1C1CCCCN1. The lowest BCUT2D eigenvalue weighted by Gasteiger charge is -2.26. The minimum Gasteiger partial charge on any atom is -0.495 e. The van der Waals surface area contributed by atoms with Gasteiger partial charge in [0, 0.05) is 11.6 Å². The topological polar surface area (TPSA) is 21.3 Å². The third kappa shape index (κ3) is 3.23. The highest BCUT2D eigenvalue weighted by atomic mass is 79.9. The van der Waals surface area contributed by atoms with Gasteiger partial charge in [0.15, 0.2) is 0 Å². The number of alkyl halides is 3. The molecular formula is C13H15BrF3NO. The molecule has 19 heavy (non-hydrogen) atoms. The smallest absolute Gasteiger partial charge is 0.416 e. The van der Waals surface area contributed by atoms with Crippen molar-refractivity contribution >= 4 is 15.9 Å². The summed E-state index contributed by atoms with van der Waals surface area (Å²) in [5, 5.41) is 3.25. The highest BCUT2D eigenvalue weighted by molar-refractivity contribution is 9.10. The van der Waals surface area contributed by atoms with Crippen molar-refractivity contribution in [3.05, 3.63) is 27.7 Å². The molecule has 0 bridgehead atoms. The van der Waals surface area contributed by atoms with Crippen molar-refractivity contribution in [2.45, 2.75) is 31.5 Å². The van der Waals surface area contributed by atoms with Gasteiger partial charge in [0.2, 0.25) is 0 Å². The lowest BCUT2D eigenvalue weighted by Crippen LogP contribution is -2.27. The van der Waals surface area contributed by atoms with Crippen LogP contribution >= 0.6 is 15.9 Å².